The van der Waals surface area contributed by atoms with Crippen molar-refractivity contribution in [1.29, 1.82) is 0 Å². The Labute approximate surface area is 101 Å². The van der Waals surface area contributed by atoms with E-state index in [0.717, 1.165) is 19.3 Å². The molecule has 0 radical (unpaired) electrons. The van der Waals surface area contributed by atoms with Crippen LogP contribution in [0.4, 0.5) is 0 Å². The van der Waals surface area contributed by atoms with Crippen molar-refractivity contribution in [3.63, 3.8) is 0 Å². The third kappa shape index (κ3) is 8.91. The van der Waals surface area contributed by atoms with E-state index in [4.69, 9.17) is 14.7 Å². The van der Waals surface area contributed by atoms with E-state index in [1.807, 2.05) is 13.8 Å². The lowest BCUT2D eigenvalue weighted by Gasteiger charge is -2.22. The normalized spacial score (nSPS) is 19.6. The number of phosphoric acid groups is 2. The fourth-order valence-electron chi connectivity index (χ4n) is 1.23. The summed E-state index contributed by atoms with van der Waals surface area (Å²) in [5.41, 5.74) is 0. The van der Waals surface area contributed by atoms with Crippen LogP contribution in [-0.4, -0.2) is 20.8 Å². The van der Waals surface area contributed by atoms with Gasteiger partial charge in [0.15, 0.2) is 0 Å². The smallest absolute Gasteiger partial charge is 0.302 e. The van der Waals surface area contributed by atoms with Gasteiger partial charge in [-0.05, 0) is 19.3 Å². The molecule has 2 unspecified atom stereocenters. The summed E-state index contributed by atoms with van der Waals surface area (Å²) in [6.07, 6.45) is 2.12. The molecule has 0 aliphatic carbocycles. The van der Waals surface area contributed by atoms with Crippen LogP contribution in [0.2, 0.25) is 0 Å². The lowest BCUT2D eigenvalue weighted by molar-refractivity contribution is 0.0996. The van der Waals surface area contributed by atoms with Gasteiger partial charge in [-0.1, -0.05) is 26.7 Å². The zero-order valence-corrected chi connectivity index (χ0v) is 11.9. The minimum absolute atomic E-state index is 0.00389. The Bertz CT molecular complexity index is 313. The molecular formula is C8H20O7P2. The van der Waals surface area contributed by atoms with E-state index in [-0.39, 0.29) is 5.92 Å². The quantitative estimate of drug-likeness (QED) is 0.588. The standard InChI is InChI=1S/C8H20O7P2/c1-4-5-6-7(2)8(3)14-17(12,13)15-16(9,10)11/h7-8H,4-6H2,1-3H3,(H,12,13)(H2,9,10,11)/t7?,8-/m1/s1. The maximum atomic E-state index is 11.2. The Morgan fingerprint density at radius 3 is 2.12 bits per heavy atom. The fraction of sp³-hybridized carbons (Fsp3) is 1.00. The Morgan fingerprint density at radius 2 is 1.71 bits per heavy atom. The highest BCUT2D eigenvalue weighted by Gasteiger charge is 2.34. The van der Waals surface area contributed by atoms with E-state index < -0.39 is 21.7 Å². The Kier molecular flexibility index (Phi) is 7.11. The predicted molar refractivity (Wildman–Crippen MR) is 62.2 cm³/mol. The molecule has 0 aromatic carbocycles. The largest absolute Gasteiger partial charge is 0.481 e. The fourth-order valence-corrected chi connectivity index (χ4v) is 3.09. The molecule has 17 heavy (non-hydrogen) atoms. The molecule has 0 aromatic heterocycles. The first-order valence-corrected chi connectivity index (χ1v) is 8.38. The van der Waals surface area contributed by atoms with Gasteiger partial charge >= 0.3 is 15.6 Å². The van der Waals surface area contributed by atoms with Crippen LogP contribution in [0.25, 0.3) is 0 Å². The summed E-state index contributed by atoms with van der Waals surface area (Å²) in [5, 5.41) is 0. The molecule has 0 amide bonds. The van der Waals surface area contributed by atoms with Crippen molar-refractivity contribution in [1.82, 2.24) is 0 Å². The summed E-state index contributed by atoms with van der Waals surface area (Å²) in [6, 6.07) is 0. The average Bonchev–Trinajstić information content (AvgIpc) is 2.08. The van der Waals surface area contributed by atoms with E-state index >= 15 is 0 Å². The summed E-state index contributed by atoms with van der Waals surface area (Å²) in [4.78, 5) is 26.0. The van der Waals surface area contributed by atoms with Crippen molar-refractivity contribution in [2.24, 2.45) is 5.92 Å². The zero-order valence-electron chi connectivity index (χ0n) is 10.1. The van der Waals surface area contributed by atoms with E-state index in [9.17, 15) is 9.13 Å². The van der Waals surface area contributed by atoms with Crippen LogP contribution >= 0.6 is 15.6 Å². The minimum atomic E-state index is -5.03. The maximum Gasteiger partial charge on any atom is 0.481 e. The van der Waals surface area contributed by atoms with E-state index in [1.54, 1.807) is 6.92 Å². The third-order valence-electron chi connectivity index (χ3n) is 2.32. The minimum Gasteiger partial charge on any atom is -0.302 e. The second kappa shape index (κ2) is 7.00. The Balaban J connectivity index is 4.31. The molecule has 9 heteroatoms. The van der Waals surface area contributed by atoms with Gasteiger partial charge in [0.2, 0.25) is 0 Å². The number of unbranched alkanes of at least 4 members (excludes halogenated alkanes) is 1. The average molecular weight is 290 g/mol. The van der Waals surface area contributed by atoms with Gasteiger partial charge in [-0.15, -0.1) is 0 Å². The first kappa shape index (κ1) is 17.3. The Hall–Kier alpha value is 0.260. The molecule has 0 heterocycles. The molecule has 7 nitrogen and oxygen atoms in total. The topological polar surface area (TPSA) is 113 Å². The number of phosphoric ester groups is 1. The third-order valence-corrected chi connectivity index (χ3v) is 4.60. The molecule has 0 aliphatic heterocycles. The van der Waals surface area contributed by atoms with Gasteiger partial charge < -0.3 is 14.7 Å². The summed E-state index contributed by atoms with van der Waals surface area (Å²) in [5.74, 6) is -0.00389. The van der Waals surface area contributed by atoms with E-state index in [0.29, 0.717) is 0 Å². The van der Waals surface area contributed by atoms with Crippen LogP contribution in [0.3, 0.4) is 0 Å². The van der Waals surface area contributed by atoms with Crippen LogP contribution < -0.4 is 0 Å². The molecule has 3 N–H and O–H groups in total. The van der Waals surface area contributed by atoms with Gasteiger partial charge in [-0.3, -0.25) is 4.52 Å². The van der Waals surface area contributed by atoms with Crippen molar-refractivity contribution in [3.8, 4) is 0 Å². The van der Waals surface area contributed by atoms with Crippen LogP contribution in [-0.2, 0) is 18.0 Å². The molecule has 104 valence electrons. The lowest BCUT2D eigenvalue weighted by Crippen LogP contribution is -2.17. The molecule has 0 spiro atoms. The van der Waals surface area contributed by atoms with Gasteiger partial charge in [0.25, 0.3) is 0 Å². The molecule has 0 rings (SSSR count). The van der Waals surface area contributed by atoms with Crippen LogP contribution in [0.5, 0.6) is 0 Å². The molecule has 0 fully saturated rings. The van der Waals surface area contributed by atoms with Crippen LogP contribution in [0.15, 0.2) is 0 Å². The van der Waals surface area contributed by atoms with Gasteiger partial charge in [0.05, 0.1) is 6.10 Å². The number of rotatable bonds is 8. The SMILES string of the molecule is CCCCC(C)[C@@H](C)OP(=O)(O)OP(=O)(O)O. The second-order valence-electron chi connectivity index (χ2n) is 3.97. The summed E-state index contributed by atoms with van der Waals surface area (Å²) >= 11 is 0. The molecule has 0 saturated heterocycles. The van der Waals surface area contributed by atoms with E-state index in [1.165, 1.54) is 0 Å². The van der Waals surface area contributed by atoms with Gasteiger partial charge in [0.1, 0.15) is 0 Å². The first-order chi connectivity index (χ1) is 7.57. The van der Waals surface area contributed by atoms with Gasteiger partial charge in [0, 0.05) is 0 Å². The first-order valence-electron chi connectivity index (χ1n) is 5.35. The lowest BCUT2D eigenvalue weighted by atomic mass is 10.00. The van der Waals surface area contributed by atoms with Crippen molar-refractivity contribution >= 4 is 15.6 Å². The highest BCUT2D eigenvalue weighted by Crippen LogP contribution is 2.58. The predicted octanol–water partition coefficient (Wildman–Crippen LogP) is 2.43. The molecule has 0 saturated carbocycles. The highest BCUT2D eigenvalue weighted by atomic mass is 31.3. The summed E-state index contributed by atoms with van der Waals surface area (Å²) < 4.78 is 30.0. The van der Waals surface area contributed by atoms with Gasteiger partial charge in [-0.2, -0.15) is 4.31 Å². The van der Waals surface area contributed by atoms with Crippen molar-refractivity contribution in [3.05, 3.63) is 0 Å². The molecular weight excluding hydrogens is 270 g/mol. The van der Waals surface area contributed by atoms with Gasteiger partial charge in [-0.25, -0.2) is 9.13 Å². The van der Waals surface area contributed by atoms with Crippen molar-refractivity contribution in [2.75, 3.05) is 0 Å². The Morgan fingerprint density at radius 1 is 1.18 bits per heavy atom. The number of hydrogen-bond acceptors (Lipinski definition) is 4. The monoisotopic (exact) mass is 290 g/mol. The van der Waals surface area contributed by atoms with Crippen LogP contribution in [0.1, 0.15) is 40.0 Å². The molecule has 0 bridgehead atoms. The molecule has 0 aliphatic rings. The molecule has 0 aromatic rings. The number of hydrogen-bond donors (Lipinski definition) is 3. The van der Waals surface area contributed by atoms with Crippen LogP contribution in [0, 0.1) is 5.92 Å². The van der Waals surface area contributed by atoms with Crippen molar-refractivity contribution < 1.29 is 32.6 Å². The molecule has 3 atom stereocenters. The highest BCUT2D eigenvalue weighted by molar-refractivity contribution is 7.60. The zero-order chi connectivity index (χ0) is 13.7. The second-order valence-corrected chi connectivity index (χ2v) is 6.75. The summed E-state index contributed by atoms with van der Waals surface area (Å²) in [7, 11) is -9.75. The maximum absolute atomic E-state index is 11.2. The summed E-state index contributed by atoms with van der Waals surface area (Å²) in [6.45, 7) is 5.41. The van der Waals surface area contributed by atoms with E-state index in [2.05, 4.69) is 8.83 Å². The van der Waals surface area contributed by atoms with Crippen molar-refractivity contribution in [2.45, 2.75) is 46.1 Å².